The van der Waals surface area contributed by atoms with Crippen LogP contribution in [0.4, 0.5) is 0 Å². The number of aryl methyl sites for hydroxylation is 1. The fraction of sp³-hybridized carbons (Fsp3) is 0.474. The first-order valence-corrected chi connectivity index (χ1v) is 8.73. The molecule has 0 saturated carbocycles. The van der Waals surface area contributed by atoms with E-state index in [0.29, 0.717) is 18.7 Å². The summed E-state index contributed by atoms with van der Waals surface area (Å²) in [5, 5.41) is 15.0. The Morgan fingerprint density at radius 1 is 1.24 bits per heavy atom. The maximum absolute atomic E-state index is 12.4. The van der Waals surface area contributed by atoms with Crippen molar-refractivity contribution in [1.29, 1.82) is 0 Å². The van der Waals surface area contributed by atoms with E-state index in [-0.39, 0.29) is 29.2 Å². The first-order valence-electron chi connectivity index (χ1n) is 8.73. The number of nitrogens with zero attached hydrogens (tertiary/aromatic N) is 1. The van der Waals surface area contributed by atoms with E-state index in [2.05, 4.69) is 24.3 Å². The topological polar surface area (TPSA) is 87.1 Å². The second-order valence-electron chi connectivity index (χ2n) is 6.54. The summed E-state index contributed by atoms with van der Waals surface area (Å²) in [5.74, 6) is -0.313. The molecule has 1 aromatic heterocycles. The van der Waals surface area contributed by atoms with Crippen LogP contribution in [0.3, 0.4) is 0 Å². The van der Waals surface area contributed by atoms with Crippen LogP contribution < -0.4 is 10.9 Å². The van der Waals surface area contributed by atoms with Gasteiger partial charge in [-0.15, -0.1) is 0 Å². The Kier molecular flexibility index (Phi) is 6.20. The maximum atomic E-state index is 12.4. The SMILES string of the molecule is CCC(CC)(CCO)CNC(=O)c1cc(=O)n(-c2ccc(C)cc2)[nH]1. The summed E-state index contributed by atoms with van der Waals surface area (Å²) < 4.78 is 1.36. The molecule has 3 N–H and O–H groups in total. The Bertz CT molecular complexity index is 755. The van der Waals surface area contributed by atoms with Crippen LogP contribution in [-0.2, 0) is 0 Å². The van der Waals surface area contributed by atoms with Crippen molar-refractivity contribution >= 4 is 5.91 Å². The minimum absolute atomic E-state index is 0.0954. The maximum Gasteiger partial charge on any atom is 0.271 e. The quantitative estimate of drug-likeness (QED) is 0.686. The number of hydrogen-bond donors (Lipinski definition) is 3. The van der Waals surface area contributed by atoms with Crippen molar-refractivity contribution in [3.8, 4) is 5.69 Å². The fourth-order valence-electron chi connectivity index (χ4n) is 2.94. The van der Waals surface area contributed by atoms with Gasteiger partial charge in [0.25, 0.3) is 11.5 Å². The number of H-pyrrole nitrogens is 1. The molecule has 1 amide bonds. The lowest BCUT2D eigenvalue weighted by molar-refractivity contribution is 0.0902. The lowest BCUT2D eigenvalue weighted by Gasteiger charge is -2.31. The number of rotatable bonds is 8. The normalized spacial score (nSPS) is 11.5. The molecule has 6 heteroatoms. The number of hydrogen-bond acceptors (Lipinski definition) is 3. The summed E-state index contributed by atoms with van der Waals surface area (Å²) in [6, 6.07) is 8.79. The van der Waals surface area contributed by atoms with Crippen molar-refractivity contribution in [2.45, 2.75) is 40.0 Å². The Balaban J connectivity index is 2.14. The molecule has 2 aromatic rings. The highest BCUT2D eigenvalue weighted by Crippen LogP contribution is 2.29. The number of carbonyl (C=O) groups excluding carboxylic acids is 1. The molecule has 1 heterocycles. The van der Waals surface area contributed by atoms with E-state index in [0.717, 1.165) is 18.4 Å². The van der Waals surface area contributed by atoms with E-state index in [4.69, 9.17) is 0 Å². The third-order valence-corrected chi connectivity index (χ3v) is 5.02. The van der Waals surface area contributed by atoms with Gasteiger partial charge in [0.15, 0.2) is 0 Å². The van der Waals surface area contributed by atoms with Crippen molar-refractivity contribution in [3.05, 3.63) is 51.9 Å². The van der Waals surface area contributed by atoms with Gasteiger partial charge in [0.1, 0.15) is 5.69 Å². The Morgan fingerprint density at radius 2 is 1.88 bits per heavy atom. The summed E-state index contributed by atoms with van der Waals surface area (Å²) in [6.07, 6.45) is 2.37. The van der Waals surface area contributed by atoms with Crippen LogP contribution in [0, 0.1) is 12.3 Å². The Labute approximate surface area is 147 Å². The van der Waals surface area contributed by atoms with Gasteiger partial charge in [-0.3, -0.25) is 14.7 Å². The zero-order valence-corrected chi connectivity index (χ0v) is 15.1. The molecule has 2 rings (SSSR count). The molecule has 6 nitrogen and oxygen atoms in total. The van der Waals surface area contributed by atoms with Gasteiger partial charge in [-0.05, 0) is 43.7 Å². The first kappa shape index (κ1) is 19.0. The zero-order valence-electron chi connectivity index (χ0n) is 15.1. The number of benzene rings is 1. The van der Waals surface area contributed by atoms with Crippen molar-refractivity contribution in [2.24, 2.45) is 5.41 Å². The van der Waals surface area contributed by atoms with Crippen molar-refractivity contribution in [1.82, 2.24) is 15.1 Å². The minimum Gasteiger partial charge on any atom is -0.396 e. The molecule has 0 aliphatic rings. The Hall–Kier alpha value is -2.34. The number of aromatic nitrogens is 2. The molecule has 0 bridgehead atoms. The Morgan fingerprint density at radius 3 is 2.44 bits per heavy atom. The minimum atomic E-state index is -0.313. The van der Waals surface area contributed by atoms with E-state index in [1.165, 1.54) is 10.7 Å². The van der Waals surface area contributed by atoms with E-state index >= 15 is 0 Å². The predicted octanol–water partition coefficient (Wildman–Crippen LogP) is 2.39. The molecule has 0 saturated heterocycles. The van der Waals surface area contributed by atoms with Gasteiger partial charge < -0.3 is 10.4 Å². The monoisotopic (exact) mass is 345 g/mol. The summed E-state index contributed by atoms with van der Waals surface area (Å²) in [4.78, 5) is 24.6. The van der Waals surface area contributed by atoms with Crippen LogP contribution in [0.15, 0.2) is 35.1 Å². The highest BCUT2D eigenvalue weighted by molar-refractivity contribution is 5.92. The van der Waals surface area contributed by atoms with Crippen LogP contribution >= 0.6 is 0 Å². The highest BCUT2D eigenvalue weighted by Gasteiger charge is 2.26. The molecular formula is C19H27N3O3. The van der Waals surface area contributed by atoms with E-state index in [1.54, 1.807) is 0 Å². The average molecular weight is 345 g/mol. The van der Waals surface area contributed by atoms with E-state index in [1.807, 2.05) is 31.2 Å². The molecule has 0 radical (unpaired) electrons. The third kappa shape index (κ3) is 4.39. The number of aliphatic hydroxyl groups is 1. The van der Waals surface area contributed by atoms with Crippen molar-refractivity contribution < 1.29 is 9.90 Å². The smallest absolute Gasteiger partial charge is 0.271 e. The fourth-order valence-corrected chi connectivity index (χ4v) is 2.94. The number of carbonyl (C=O) groups is 1. The van der Waals surface area contributed by atoms with Crippen LogP contribution in [0.2, 0.25) is 0 Å². The second-order valence-corrected chi connectivity index (χ2v) is 6.54. The predicted molar refractivity (Wildman–Crippen MR) is 98.2 cm³/mol. The lowest BCUT2D eigenvalue weighted by atomic mass is 9.79. The van der Waals surface area contributed by atoms with Gasteiger partial charge in [-0.1, -0.05) is 31.5 Å². The molecule has 1 aromatic carbocycles. The highest BCUT2D eigenvalue weighted by atomic mass is 16.3. The number of aliphatic hydroxyl groups excluding tert-OH is 1. The van der Waals surface area contributed by atoms with Crippen LogP contribution in [0.5, 0.6) is 0 Å². The molecule has 0 aliphatic carbocycles. The molecule has 0 unspecified atom stereocenters. The van der Waals surface area contributed by atoms with E-state index < -0.39 is 0 Å². The molecule has 0 spiro atoms. The lowest BCUT2D eigenvalue weighted by Crippen LogP contribution is -2.37. The largest absolute Gasteiger partial charge is 0.396 e. The molecule has 0 atom stereocenters. The second kappa shape index (κ2) is 8.16. The number of nitrogens with one attached hydrogen (secondary N) is 2. The van der Waals surface area contributed by atoms with Crippen molar-refractivity contribution in [2.75, 3.05) is 13.2 Å². The standard InChI is InChI=1S/C19H27N3O3/c1-4-19(5-2,10-11-23)13-20-18(25)16-12-17(24)22(21-16)15-8-6-14(3)7-9-15/h6-9,12,21,23H,4-5,10-11,13H2,1-3H3,(H,20,25). The zero-order chi connectivity index (χ0) is 18.4. The first-order chi connectivity index (χ1) is 11.9. The van der Waals surface area contributed by atoms with Crippen LogP contribution in [0.25, 0.3) is 5.69 Å². The van der Waals surface area contributed by atoms with Crippen molar-refractivity contribution in [3.63, 3.8) is 0 Å². The van der Waals surface area contributed by atoms with Gasteiger partial charge in [-0.25, -0.2) is 4.68 Å². The van der Waals surface area contributed by atoms with Gasteiger partial charge in [-0.2, -0.15) is 0 Å². The van der Waals surface area contributed by atoms with Gasteiger partial charge in [0.2, 0.25) is 0 Å². The summed E-state index contributed by atoms with van der Waals surface area (Å²) >= 11 is 0. The summed E-state index contributed by atoms with van der Waals surface area (Å²) in [7, 11) is 0. The molecule has 136 valence electrons. The van der Waals surface area contributed by atoms with Crippen LogP contribution in [-0.4, -0.2) is 33.9 Å². The molecule has 0 fully saturated rings. The number of aromatic amines is 1. The number of amides is 1. The summed E-state index contributed by atoms with van der Waals surface area (Å²) in [5.41, 5.74) is 1.62. The summed E-state index contributed by atoms with van der Waals surface area (Å²) in [6.45, 7) is 6.65. The third-order valence-electron chi connectivity index (χ3n) is 5.02. The van der Waals surface area contributed by atoms with Crippen LogP contribution in [0.1, 0.15) is 49.2 Å². The average Bonchev–Trinajstić information content (AvgIpc) is 3.01. The molecule has 0 aliphatic heterocycles. The van der Waals surface area contributed by atoms with Gasteiger partial charge in [0.05, 0.1) is 5.69 Å². The van der Waals surface area contributed by atoms with Gasteiger partial charge in [0, 0.05) is 19.2 Å². The van der Waals surface area contributed by atoms with E-state index in [9.17, 15) is 14.7 Å². The molecular weight excluding hydrogens is 318 g/mol. The molecule has 25 heavy (non-hydrogen) atoms. The van der Waals surface area contributed by atoms with Gasteiger partial charge >= 0.3 is 0 Å².